The first-order chi connectivity index (χ1) is 27.4. The number of aromatic hydroxyl groups is 2. The molecule has 0 aliphatic rings. The smallest absolute Gasteiger partial charge is 0.255 e. The van der Waals surface area contributed by atoms with Crippen LogP contribution in [-0.2, 0) is 32.6 Å². The van der Waals surface area contributed by atoms with Crippen LogP contribution in [0.4, 0.5) is 5.69 Å². The van der Waals surface area contributed by atoms with Crippen LogP contribution in [0.1, 0.15) is 50.0 Å². The number of aliphatic hydroxyl groups excluding tert-OH is 1. The van der Waals surface area contributed by atoms with Gasteiger partial charge in [-0.2, -0.15) is 5.10 Å². The number of carbonyl (C=O) groups is 5. The van der Waals surface area contributed by atoms with Crippen molar-refractivity contribution in [1.29, 1.82) is 0 Å². The van der Waals surface area contributed by atoms with Crippen molar-refractivity contribution in [3.8, 4) is 22.9 Å². The zero-order valence-electron chi connectivity index (χ0n) is 32.9. The van der Waals surface area contributed by atoms with Gasteiger partial charge in [0.1, 0.15) is 29.6 Å². The minimum Gasteiger partial charge on any atom is -0.508 e. The Balaban J connectivity index is 1.46. The number of H-pyrrole nitrogens is 1. The summed E-state index contributed by atoms with van der Waals surface area (Å²) in [4.78, 5) is 67.0. The van der Waals surface area contributed by atoms with Gasteiger partial charge in [0, 0.05) is 24.8 Å². The van der Waals surface area contributed by atoms with Crippen molar-refractivity contribution in [3.63, 3.8) is 0 Å². The maximum Gasteiger partial charge on any atom is 0.255 e. The van der Waals surface area contributed by atoms with Gasteiger partial charge in [-0.15, -0.1) is 0 Å². The molecule has 0 spiro atoms. The molecular weight excluding hydrogens is 767 g/mol. The molecule has 0 bridgehead atoms. The van der Waals surface area contributed by atoms with Gasteiger partial charge in [0.15, 0.2) is 16.7 Å². The molecule has 11 N–H and O–H groups in total. The van der Waals surface area contributed by atoms with E-state index in [0.29, 0.717) is 21.8 Å². The first-order valence-electron chi connectivity index (χ1n) is 18.7. The SMILES string of the molecule is CC(C)C[C@H](NC(=O)[C@@H](NC(=O)[C@@H](N)CNC(=O)c1cc(O)ccc1O)C(C)C)C(=O)N[C@@H](Cc1ccccc1)[C@@H](O)C(=O)Nc1cccc(-c2n[nH]c(=S)n2C)c1. The molecule has 0 saturated carbocycles. The minimum absolute atomic E-state index is 0.0679. The van der Waals surface area contributed by atoms with Gasteiger partial charge in [0.05, 0.1) is 11.6 Å². The van der Waals surface area contributed by atoms with Gasteiger partial charge in [-0.25, -0.2) is 0 Å². The summed E-state index contributed by atoms with van der Waals surface area (Å²) in [5, 5.41) is 51.3. The third-order valence-electron chi connectivity index (χ3n) is 9.17. The van der Waals surface area contributed by atoms with Crippen LogP contribution in [0.25, 0.3) is 11.4 Å². The Hall–Kier alpha value is -6.11. The number of hydrogen-bond acceptors (Lipinski definition) is 11. The molecule has 310 valence electrons. The number of nitrogens with zero attached hydrogens (tertiary/aromatic N) is 2. The van der Waals surface area contributed by atoms with Crippen molar-refractivity contribution in [2.75, 3.05) is 11.9 Å². The van der Waals surface area contributed by atoms with E-state index in [1.807, 2.05) is 19.9 Å². The summed E-state index contributed by atoms with van der Waals surface area (Å²) in [7, 11) is 1.75. The lowest BCUT2D eigenvalue weighted by Gasteiger charge is -2.29. The lowest BCUT2D eigenvalue weighted by atomic mass is 9.97. The summed E-state index contributed by atoms with van der Waals surface area (Å²) < 4.78 is 2.08. The van der Waals surface area contributed by atoms with Crippen molar-refractivity contribution in [2.24, 2.45) is 24.6 Å². The third-order valence-corrected chi connectivity index (χ3v) is 9.54. The molecule has 4 rings (SSSR count). The second-order valence-electron chi connectivity index (χ2n) is 14.7. The molecule has 17 nitrogen and oxygen atoms in total. The van der Waals surface area contributed by atoms with E-state index in [9.17, 15) is 39.3 Å². The molecule has 0 saturated heterocycles. The Labute approximate surface area is 340 Å². The van der Waals surface area contributed by atoms with Crippen LogP contribution >= 0.6 is 12.2 Å². The molecule has 18 heteroatoms. The predicted octanol–water partition coefficient (Wildman–Crippen LogP) is 2.01. The van der Waals surface area contributed by atoms with Crippen LogP contribution in [-0.4, -0.2) is 96.4 Å². The highest BCUT2D eigenvalue weighted by atomic mass is 32.1. The van der Waals surface area contributed by atoms with Crippen molar-refractivity contribution in [2.45, 2.75) is 70.8 Å². The molecule has 4 aromatic rings. The normalized spacial score (nSPS) is 13.8. The molecule has 0 unspecified atom stereocenters. The first kappa shape index (κ1) is 44.6. The lowest BCUT2D eigenvalue weighted by molar-refractivity contribution is -0.134. The standard InChI is InChI=1S/C40H51N9O8S/c1-21(2)16-30(45-38(56)32(22(3)4)46-36(54)28(41)20-42-35(53)27-19-26(50)14-15-31(27)51)37(55)44-29(17-23-10-7-6-8-11-23)33(52)39(57)43-25-13-9-12-24(18-25)34-47-48-40(58)49(34)5/h6-15,18-19,21-22,28-30,32-33,50-52H,16-17,20,41H2,1-5H3,(H,42,53)(H,43,57)(H,44,55)(H,45,56)(H,46,54)(H,48,58)/t28-,29-,30-,32-,33+/m0/s1. The van der Waals surface area contributed by atoms with Crippen molar-refractivity contribution in [1.82, 2.24) is 36.0 Å². The highest BCUT2D eigenvalue weighted by molar-refractivity contribution is 7.71. The number of hydrogen-bond donors (Lipinski definition) is 10. The fraction of sp³-hybridized carbons (Fsp3) is 0.375. The molecule has 3 aromatic carbocycles. The molecule has 5 atom stereocenters. The van der Waals surface area contributed by atoms with Crippen LogP contribution in [0, 0.1) is 16.6 Å². The molecule has 0 radical (unpaired) electrons. The minimum atomic E-state index is -1.73. The second-order valence-corrected chi connectivity index (χ2v) is 15.1. The number of phenolic OH excluding ortho intramolecular Hbond substituents is 2. The topological polar surface area (TPSA) is 266 Å². The number of nitrogens with two attached hydrogens (primary N) is 1. The zero-order valence-corrected chi connectivity index (χ0v) is 33.7. The van der Waals surface area contributed by atoms with E-state index in [0.717, 1.165) is 17.7 Å². The summed E-state index contributed by atoms with van der Waals surface area (Å²) in [6.45, 7) is 6.72. The van der Waals surface area contributed by atoms with Crippen LogP contribution in [0.5, 0.6) is 11.5 Å². The number of amides is 5. The average Bonchev–Trinajstić information content (AvgIpc) is 3.52. The number of carbonyl (C=O) groups excluding carboxylic acids is 5. The van der Waals surface area contributed by atoms with Crippen LogP contribution in [0.15, 0.2) is 72.8 Å². The first-order valence-corrected chi connectivity index (χ1v) is 19.1. The fourth-order valence-electron chi connectivity index (χ4n) is 5.99. The average molecular weight is 818 g/mol. The predicted molar refractivity (Wildman–Crippen MR) is 219 cm³/mol. The summed E-state index contributed by atoms with van der Waals surface area (Å²) in [6, 6.07) is 14.4. The number of benzene rings is 3. The summed E-state index contributed by atoms with van der Waals surface area (Å²) in [5.74, 6) is -4.35. The van der Waals surface area contributed by atoms with Crippen LogP contribution in [0.2, 0.25) is 0 Å². The second kappa shape index (κ2) is 20.4. The number of rotatable bonds is 18. The molecule has 1 aromatic heterocycles. The van der Waals surface area contributed by atoms with Gasteiger partial charge in [-0.1, -0.05) is 70.2 Å². The number of aliphatic hydroxyl groups is 1. The van der Waals surface area contributed by atoms with Crippen molar-refractivity contribution < 1.29 is 39.3 Å². The van der Waals surface area contributed by atoms with E-state index in [4.69, 9.17) is 18.0 Å². The Morgan fingerprint density at radius 2 is 1.57 bits per heavy atom. The van der Waals surface area contributed by atoms with E-state index < -0.39 is 65.7 Å². The summed E-state index contributed by atoms with van der Waals surface area (Å²) in [6.07, 6.45) is -1.49. The van der Waals surface area contributed by atoms with E-state index in [1.54, 1.807) is 74.0 Å². The van der Waals surface area contributed by atoms with Gasteiger partial charge >= 0.3 is 0 Å². The Bertz CT molecular complexity index is 2140. The van der Waals surface area contributed by atoms with Gasteiger partial charge in [-0.05, 0) is 72.8 Å². The maximum absolute atomic E-state index is 14.0. The quantitative estimate of drug-likeness (QED) is 0.0513. The zero-order chi connectivity index (χ0) is 42.7. The summed E-state index contributed by atoms with van der Waals surface area (Å²) >= 11 is 5.22. The Morgan fingerprint density at radius 1 is 0.862 bits per heavy atom. The number of anilines is 1. The van der Waals surface area contributed by atoms with Gasteiger partial charge in [0.2, 0.25) is 17.7 Å². The van der Waals surface area contributed by atoms with E-state index >= 15 is 0 Å². The number of phenols is 2. The largest absolute Gasteiger partial charge is 0.508 e. The molecule has 0 aliphatic carbocycles. The van der Waals surface area contributed by atoms with Crippen LogP contribution < -0.4 is 32.3 Å². The Kier molecular flexibility index (Phi) is 15.7. The Morgan fingerprint density at radius 3 is 2.21 bits per heavy atom. The molecule has 0 fully saturated rings. The third kappa shape index (κ3) is 12.2. The molecular formula is C40H51N9O8S. The maximum atomic E-state index is 14.0. The highest BCUT2D eigenvalue weighted by Gasteiger charge is 2.34. The molecule has 5 amide bonds. The van der Waals surface area contributed by atoms with Gasteiger partial charge in [-0.3, -0.25) is 29.1 Å². The fourth-order valence-corrected chi connectivity index (χ4v) is 6.12. The lowest BCUT2D eigenvalue weighted by Crippen LogP contribution is -2.60. The monoisotopic (exact) mass is 817 g/mol. The van der Waals surface area contributed by atoms with E-state index in [2.05, 4.69) is 36.8 Å². The van der Waals surface area contributed by atoms with Crippen molar-refractivity contribution in [3.05, 3.63) is 88.7 Å². The molecule has 58 heavy (non-hydrogen) atoms. The van der Waals surface area contributed by atoms with E-state index in [-0.39, 0.29) is 42.4 Å². The number of aromatic amines is 1. The molecule has 0 aliphatic heterocycles. The van der Waals surface area contributed by atoms with Crippen molar-refractivity contribution >= 4 is 47.4 Å². The summed E-state index contributed by atoms with van der Waals surface area (Å²) in [5.41, 5.74) is 7.56. The number of aromatic nitrogens is 3. The van der Waals surface area contributed by atoms with Gasteiger partial charge < -0.3 is 52.2 Å². The van der Waals surface area contributed by atoms with E-state index in [1.165, 1.54) is 6.07 Å². The molecule has 1 heterocycles. The number of nitrogens with one attached hydrogen (secondary N) is 6. The van der Waals surface area contributed by atoms with Crippen LogP contribution in [0.3, 0.4) is 0 Å². The highest BCUT2D eigenvalue weighted by Crippen LogP contribution is 2.23. The van der Waals surface area contributed by atoms with Gasteiger partial charge in [0.25, 0.3) is 11.8 Å².